The Hall–Kier alpha value is -2.18. The first-order valence-corrected chi connectivity index (χ1v) is 9.57. The number of nitrogens with zero attached hydrogens (tertiary/aromatic N) is 4. The van der Waals surface area contributed by atoms with Crippen LogP contribution in [0.3, 0.4) is 0 Å². The molecule has 4 rings (SSSR count). The van der Waals surface area contributed by atoms with E-state index in [1.54, 1.807) is 23.1 Å². The smallest absolute Gasteiger partial charge is 0.191 e. The van der Waals surface area contributed by atoms with Crippen molar-refractivity contribution in [3.05, 3.63) is 49.1 Å². The number of rotatable bonds is 5. The first-order valence-electron chi connectivity index (χ1n) is 7.76. The van der Waals surface area contributed by atoms with Gasteiger partial charge in [-0.2, -0.15) is 0 Å². The van der Waals surface area contributed by atoms with E-state index in [2.05, 4.69) is 46.5 Å². The van der Waals surface area contributed by atoms with Gasteiger partial charge in [0.25, 0.3) is 0 Å². The fraction of sp³-hybridized carbons (Fsp3) is 0.167. The molecule has 6 heteroatoms. The third-order valence-corrected chi connectivity index (χ3v) is 5.80. The quantitative estimate of drug-likeness (QED) is 0.374. The molecule has 4 aromatic rings. The minimum Gasteiger partial charge on any atom is -0.302 e. The van der Waals surface area contributed by atoms with Gasteiger partial charge in [0.05, 0.1) is 10.4 Å². The summed E-state index contributed by atoms with van der Waals surface area (Å²) < 4.78 is 2.15. The van der Waals surface area contributed by atoms with E-state index < -0.39 is 0 Å². The summed E-state index contributed by atoms with van der Waals surface area (Å²) in [6, 6.07) is 12.6. The molecule has 0 spiro atoms. The second-order valence-electron chi connectivity index (χ2n) is 5.34. The van der Waals surface area contributed by atoms with Gasteiger partial charge < -0.3 is 4.57 Å². The van der Waals surface area contributed by atoms with Crippen LogP contribution in [0, 0.1) is 0 Å². The van der Waals surface area contributed by atoms with Gasteiger partial charge in [-0.25, -0.2) is 4.98 Å². The van der Waals surface area contributed by atoms with Crippen LogP contribution in [0.4, 0.5) is 0 Å². The summed E-state index contributed by atoms with van der Waals surface area (Å²) in [5, 5.41) is 12.0. The zero-order valence-electron chi connectivity index (χ0n) is 13.3. The molecule has 1 aromatic carbocycles. The molecule has 3 aromatic heterocycles. The van der Waals surface area contributed by atoms with E-state index in [4.69, 9.17) is 4.98 Å². The second-order valence-corrected chi connectivity index (χ2v) is 7.35. The fourth-order valence-electron chi connectivity index (χ4n) is 2.68. The van der Waals surface area contributed by atoms with Gasteiger partial charge in [0, 0.05) is 23.1 Å². The topological polar surface area (TPSA) is 43.6 Å². The first kappa shape index (κ1) is 15.4. The van der Waals surface area contributed by atoms with E-state index in [0.29, 0.717) is 0 Å². The summed E-state index contributed by atoms with van der Waals surface area (Å²) in [6.07, 6.45) is 1.88. The number of fused-ring (bicyclic) bond motifs is 2. The normalized spacial score (nSPS) is 11.4. The highest BCUT2D eigenvalue weighted by molar-refractivity contribution is 7.99. The maximum atomic E-state index is 4.78. The number of benzene rings is 1. The Labute approximate surface area is 148 Å². The number of hydrogen-bond acceptors (Lipinski definition) is 5. The molecule has 0 saturated carbocycles. The molecule has 0 saturated heterocycles. The predicted molar refractivity (Wildman–Crippen MR) is 103 cm³/mol. The highest BCUT2D eigenvalue weighted by atomic mass is 32.2. The monoisotopic (exact) mass is 352 g/mol. The maximum absolute atomic E-state index is 4.78. The van der Waals surface area contributed by atoms with Crippen LogP contribution in [0.5, 0.6) is 0 Å². The van der Waals surface area contributed by atoms with Gasteiger partial charge in [0.15, 0.2) is 11.0 Å². The summed E-state index contributed by atoms with van der Waals surface area (Å²) in [5.74, 6) is 1.74. The summed E-state index contributed by atoms with van der Waals surface area (Å²) in [7, 11) is 0. The molecule has 0 atom stereocenters. The van der Waals surface area contributed by atoms with Crippen LogP contribution in [0.1, 0.15) is 6.92 Å². The van der Waals surface area contributed by atoms with E-state index >= 15 is 0 Å². The number of thioether (sulfide) groups is 1. The van der Waals surface area contributed by atoms with Gasteiger partial charge in [0.2, 0.25) is 0 Å². The zero-order chi connectivity index (χ0) is 16.5. The summed E-state index contributed by atoms with van der Waals surface area (Å²) in [5.41, 5.74) is 1.03. The molecule has 0 amide bonds. The molecular formula is C18H16N4S2. The molecular weight excluding hydrogens is 336 g/mol. The van der Waals surface area contributed by atoms with Crippen LogP contribution in [0.25, 0.3) is 31.8 Å². The first-order chi connectivity index (χ1) is 11.8. The summed E-state index contributed by atoms with van der Waals surface area (Å²) in [6.45, 7) is 6.72. The third-order valence-electron chi connectivity index (χ3n) is 3.79. The van der Waals surface area contributed by atoms with E-state index in [-0.39, 0.29) is 0 Å². The number of thiophene rings is 1. The Morgan fingerprint density at radius 3 is 2.92 bits per heavy atom. The van der Waals surface area contributed by atoms with Gasteiger partial charge in [0.1, 0.15) is 4.83 Å². The number of hydrogen-bond donors (Lipinski definition) is 0. The molecule has 3 heterocycles. The Kier molecular flexibility index (Phi) is 4.08. The maximum Gasteiger partial charge on any atom is 0.191 e. The van der Waals surface area contributed by atoms with Gasteiger partial charge in [-0.05, 0) is 25.1 Å². The lowest BCUT2D eigenvalue weighted by molar-refractivity contribution is 0.688. The second kappa shape index (κ2) is 6.37. The van der Waals surface area contributed by atoms with Gasteiger partial charge >= 0.3 is 0 Å². The Morgan fingerprint density at radius 2 is 2.08 bits per heavy atom. The summed E-state index contributed by atoms with van der Waals surface area (Å²) >= 11 is 3.32. The van der Waals surface area contributed by atoms with Crippen molar-refractivity contribution in [1.29, 1.82) is 0 Å². The molecule has 0 fully saturated rings. The number of para-hydroxylation sites is 1. The van der Waals surface area contributed by atoms with E-state index in [9.17, 15) is 0 Å². The van der Waals surface area contributed by atoms with Crippen LogP contribution in [-0.2, 0) is 6.54 Å². The molecule has 0 radical (unpaired) electrons. The number of aromatic nitrogens is 4. The largest absolute Gasteiger partial charge is 0.302 e. The predicted octanol–water partition coefficient (Wildman–Crippen LogP) is 5.01. The molecule has 4 nitrogen and oxygen atoms in total. The van der Waals surface area contributed by atoms with Crippen molar-refractivity contribution in [2.45, 2.75) is 18.6 Å². The Bertz CT molecular complexity index is 980. The standard InChI is InChI=1S/C18H16N4S2/c1-3-9-23-18-21-20-16(22(18)4-2)15-11-13-10-12-7-5-6-8-14(12)19-17(13)24-15/h3,5-8,10-11H,1,4,9H2,2H3. The Morgan fingerprint density at radius 1 is 1.21 bits per heavy atom. The van der Waals surface area contributed by atoms with Crippen molar-refractivity contribution in [1.82, 2.24) is 19.7 Å². The average Bonchev–Trinajstić information content (AvgIpc) is 3.20. The van der Waals surface area contributed by atoms with Crippen molar-refractivity contribution < 1.29 is 0 Å². The molecule has 120 valence electrons. The highest BCUT2D eigenvalue weighted by Crippen LogP contribution is 2.34. The van der Waals surface area contributed by atoms with Crippen molar-refractivity contribution in [3.8, 4) is 10.7 Å². The fourth-order valence-corrected chi connectivity index (χ4v) is 4.43. The van der Waals surface area contributed by atoms with Crippen molar-refractivity contribution in [3.63, 3.8) is 0 Å². The van der Waals surface area contributed by atoms with E-state index in [1.807, 2.05) is 24.3 Å². The van der Waals surface area contributed by atoms with Crippen molar-refractivity contribution in [2.75, 3.05) is 5.75 Å². The molecule has 0 aliphatic heterocycles. The van der Waals surface area contributed by atoms with Crippen LogP contribution in [0.15, 0.2) is 54.2 Å². The summed E-state index contributed by atoms with van der Waals surface area (Å²) in [4.78, 5) is 6.92. The lowest BCUT2D eigenvalue weighted by atomic mass is 10.2. The number of pyridine rings is 1. The molecule has 0 N–H and O–H groups in total. The molecule has 0 unspecified atom stereocenters. The van der Waals surface area contributed by atoms with Crippen molar-refractivity contribution >= 4 is 44.2 Å². The van der Waals surface area contributed by atoms with Crippen LogP contribution in [0.2, 0.25) is 0 Å². The lowest BCUT2D eigenvalue weighted by Crippen LogP contribution is -1.98. The minimum absolute atomic E-state index is 0.831. The highest BCUT2D eigenvalue weighted by Gasteiger charge is 2.16. The van der Waals surface area contributed by atoms with Gasteiger partial charge in [-0.15, -0.1) is 28.1 Å². The van der Waals surface area contributed by atoms with E-state index in [0.717, 1.165) is 49.3 Å². The van der Waals surface area contributed by atoms with Gasteiger partial charge in [-0.1, -0.05) is 36.0 Å². The zero-order valence-corrected chi connectivity index (χ0v) is 14.9. The van der Waals surface area contributed by atoms with Crippen LogP contribution >= 0.6 is 23.1 Å². The lowest BCUT2D eigenvalue weighted by Gasteiger charge is -2.04. The van der Waals surface area contributed by atoms with Crippen LogP contribution in [-0.4, -0.2) is 25.5 Å². The SMILES string of the molecule is C=CCSc1nnc(-c2cc3cc4ccccc4nc3s2)n1CC. The van der Waals surface area contributed by atoms with E-state index in [1.165, 1.54) is 0 Å². The van der Waals surface area contributed by atoms with Crippen LogP contribution < -0.4 is 0 Å². The molecule has 24 heavy (non-hydrogen) atoms. The Balaban J connectivity index is 1.82. The third kappa shape index (κ3) is 2.61. The molecule has 0 aliphatic rings. The minimum atomic E-state index is 0.831. The molecule has 0 aliphatic carbocycles. The van der Waals surface area contributed by atoms with Crippen molar-refractivity contribution in [2.24, 2.45) is 0 Å². The average molecular weight is 352 g/mol. The molecule has 0 bridgehead atoms. The van der Waals surface area contributed by atoms with Gasteiger partial charge in [-0.3, -0.25) is 0 Å².